The number of primary amides is 1. The average Bonchev–Trinajstić information content (AvgIpc) is 2.49. The van der Waals surface area contributed by atoms with Crippen molar-refractivity contribution in [3.8, 4) is 0 Å². The van der Waals surface area contributed by atoms with Crippen LogP contribution in [-0.2, 0) is 11.8 Å². The molecule has 0 saturated heterocycles. The van der Waals surface area contributed by atoms with Gasteiger partial charge in [-0.15, -0.1) is 0 Å². The van der Waals surface area contributed by atoms with Crippen molar-refractivity contribution in [2.75, 3.05) is 6.54 Å². The van der Waals surface area contributed by atoms with Crippen molar-refractivity contribution >= 4 is 5.91 Å². The van der Waals surface area contributed by atoms with Crippen LogP contribution in [0.4, 0.5) is 0 Å². The highest BCUT2D eigenvalue weighted by molar-refractivity contribution is 5.81. The van der Waals surface area contributed by atoms with E-state index in [2.05, 4.69) is 24.3 Å². The maximum Gasteiger partial charge on any atom is 0.239 e. The zero-order valence-corrected chi connectivity index (χ0v) is 10.3. The molecule has 5 heteroatoms. The summed E-state index contributed by atoms with van der Waals surface area (Å²) in [5.41, 5.74) is 7.21. The molecule has 0 fully saturated rings. The second-order valence-electron chi connectivity index (χ2n) is 4.45. The van der Waals surface area contributed by atoms with Crippen LogP contribution in [0.2, 0.25) is 0 Å². The highest BCUT2D eigenvalue weighted by atomic mass is 16.1. The summed E-state index contributed by atoms with van der Waals surface area (Å²) in [6.45, 7) is 6.85. The van der Waals surface area contributed by atoms with Crippen LogP contribution in [0.3, 0.4) is 0 Å². The Morgan fingerprint density at radius 2 is 2.25 bits per heavy atom. The second-order valence-corrected chi connectivity index (χ2v) is 4.45. The lowest BCUT2D eigenvalue weighted by atomic mass is 10.1. The van der Waals surface area contributed by atoms with Gasteiger partial charge in [-0.25, -0.2) is 0 Å². The van der Waals surface area contributed by atoms with Gasteiger partial charge in [-0.2, -0.15) is 5.10 Å². The van der Waals surface area contributed by atoms with Crippen LogP contribution >= 0.6 is 0 Å². The molecule has 1 amide bonds. The fourth-order valence-corrected chi connectivity index (χ4v) is 1.52. The van der Waals surface area contributed by atoms with Crippen LogP contribution in [0.25, 0.3) is 0 Å². The van der Waals surface area contributed by atoms with Crippen molar-refractivity contribution in [2.45, 2.75) is 26.8 Å². The van der Waals surface area contributed by atoms with Gasteiger partial charge in [0.1, 0.15) is 6.04 Å². The quantitative estimate of drug-likeness (QED) is 0.765. The Balaban J connectivity index is 2.86. The number of carbonyl (C=O) groups is 1. The van der Waals surface area contributed by atoms with Gasteiger partial charge in [-0.1, -0.05) is 13.8 Å². The molecule has 1 unspecified atom stereocenters. The Morgan fingerprint density at radius 3 is 2.62 bits per heavy atom. The maximum absolute atomic E-state index is 11.4. The van der Waals surface area contributed by atoms with E-state index in [9.17, 15) is 4.79 Å². The monoisotopic (exact) mass is 224 g/mol. The Morgan fingerprint density at radius 1 is 1.62 bits per heavy atom. The molecule has 0 bridgehead atoms. The molecule has 0 aromatic carbocycles. The predicted octanol–water partition coefficient (Wildman–Crippen LogP) is 0.501. The van der Waals surface area contributed by atoms with Gasteiger partial charge >= 0.3 is 0 Å². The minimum atomic E-state index is -0.448. The Bertz CT molecular complexity index is 370. The number of carbonyl (C=O) groups excluding carboxylic acids is 1. The Kier molecular flexibility index (Phi) is 4.06. The summed E-state index contributed by atoms with van der Waals surface area (Å²) in [6, 6.07) is -0.448. The molecule has 1 atom stereocenters. The Hall–Kier alpha value is -1.36. The molecule has 1 rings (SSSR count). The molecule has 3 N–H and O–H groups in total. The molecule has 1 aromatic rings. The fraction of sp³-hybridized carbons (Fsp3) is 0.636. The lowest BCUT2D eigenvalue weighted by Gasteiger charge is -2.16. The molecular formula is C11H20N4O. The molecule has 0 saturated carbocycles. The summed E-state index contributed by atoms with van der Waals surface area (Å²) >= 11 is 0. The first-order chi connectivity index (χ1) is 7.43. The first kappa shape index (κ1) is 12.7. The van der Waals surface area contributed by atoms with E-state index in [1.807, 2.05) is 14.0 Å². The molecule has 0 aliphatic carbocycles. The van der Waals surface area contributed by atoms with E-state index in [4.69, 9.17) is 5.73 Å². The molecule has 0 aliphatic rings. The average molecular weight is 224 g/mol. The number of hydrogen-bond donors (Lipinski definition) is 2. The van der Waals surface area contributed by atoms with E-state index in [-0.39, 0.29) is 5.91 Å². The van der Waals surface area contributed by atoms with Crippen molar-refractivity contribution in [3.05, 3.63) is 17.5 Å². The molecule has 0 aliphatic heterocycles. The van der Waals surface area contributed by atoms with Crippen molar-refractivity contribution in [3.63, 3.8) is 0 Å². The van der Waals surface area contributed by atoms with Gasteiger partial charge in [0.2, 0.25) is 5.91 Å². The van der Waals surface area contributed by atoms with E-state index < -0.39 is 6.04 Å². The van der Waals surface area contributed by atoms with Gasteiger partial charge in [0.15, 0.2) is 0 Å². The highest BCUT2D eigenvalue weighted by Gasteiger charge is 2.21. The van der Waals surface area contributed by atoms with Gasteiger partial charge < -0.3 is 11.1 Å². The molecule has 0 radical (unpaired) electrons. The van der Waals surface area contributed by atoms with Crippen LogP contribution < -0.4 is 11.1 Å². The molecule has 0 spiro atoms. The van der Waals surface area contributed by atoms with Gasteiger partial charge in [0.25, 0.3) is 0 Å². The van der Waals surface area contributed by atoms with Gasteiger partial charge in [-0.05, 0) is 19.4 Å². The van der Waals surface area contributed by atoms with Crippen LogP contribution in [0.15, 0.2) is 6.20 Å². The summed E-state index contributed by atoms with van der Waals surface area (Å²) < 4.78 is 1.74. The number of nitrogens with two attached hydrogens (primary N) is 1. The maximum atomic E-state index is 11.4. The van der Waals surface area contributed by atoms with Crippen molar-refractivity contribution in [2.24, 2.45) is 18.7 Å². The molecule has 16 heavy (non-hydrogen) atoms. The van der Waals surface area contributed by atoms with Crippen molar-refractivity contribution < 1.29 is 4.79 Å². The molecule has 5 nitrogen and oxygen atoms in total. The number of nitrogens with one attached hydrogen (secondary N) is 1. The Labute approximate surface area is 96.0 Å². The first-order valence-electron chi connectivity index (χ1n) is 5.44. The lowest BCUT2D eigenvalue weighted by molar-refractivity contribution is -0.120. The minimum absolute atomic E-state index is 0.364. The normalized spacial score (nSPS) is 13.1. The smallest absolute Gasteiger partial charge is 0.239 e. The summed E-state index contributed by atoms with van der Waals surface area (Å²) in [5.74, 6) is 0.107. The van der Waals surface area contributed by atoms with E-state index in [1.54, 1.807) is 10.9 Å². The third-order valence-electron chi connectivity index (χ3n) is 2.60. The zero-order chi connectivity index (χ0) is 12.3. The molecule has 1 heterocycles. The van der Waals surface area contributed by atoms with Crippen molar-refractivity contribution in [1.82, 2.24) is 15.1 Å². The number of amides is 1. The molecule has 1 aromatic heterocycles. The van der Waals surface area contributed by atoms with Gasteiger partial charge in [-0.3, -0.25) is 9.48 Å². The third-order valence-corrected chi connectivity index (χ3v) is 2.60. The van der Waals surface area contributed by atoms with E-state index in [0.717, 1.165) is 17.8 Å². The summed E-state index contributed by atoms with van der Waals surface area (Å²) in [4.78, 5) is 11.4. The van der Waals surface area contributed by atoms with Crippen LogP contribution in [0.5, 0.6) is 0 Å². The lowest BCUT2D eigenvalue weighted by Crippen LogP contribution is -2.35. The van der Waals surface area contributed by atoms with E-state index in [0.29, 0.717) is 5.92 Å². The van der Waals surface area contributed by atoms with E-state index in [1.165, 1.54) is 0 Å². The molecular weight excluding hydrogens is 204 g/mol. The SMILES string of the molecule is Cc1c(C(NCC(C)C)C(N)=O)cnn1C. The third kappa shape index (κ3) is 2.82. The fourth-order valence-electron chi connectivity index (χ4n) is 1.52. The number of aromatic nitrogens is 2. The molecule has 90 valence electrons. The topological polar surface area (TPSA) is 72.9 Å². The van der Waals surface area contributed by atoms with Crippen molar-refractivity contribution in [1.29, 1.82) is 0 Å². The number of hydrogen-bond acceptors (Lipinski definition) is 3. The van der Waals surface area contributed by atoms with Gasteiger partial charge in [0, 0.05) is 18.3 Å². The first-order valence-corrected chi connectivity index (χ1v) is 5.44. The van der Waals surface area contributed by atoms with Crippen LogP contribution in [0, 0.1) is 12.8 Å². The largest absolute Gasteiger partial charge is 0.368 e. The standard InChI is InChI=1S/C11H20N4O/c1-7(2)5-13-10(11(12)16)9-6-14-15(4)8(9)3/h6-7,10,13H,5H2,1-4H3,(H2,12,16). The number of aryl methyl sites for hydroxylation is 1. The summed E-state index contributed by atoms with van der Waals surface area (Å²) in [7, 11) is 1.85. The van der Waals surface area contributed by atoms with E-state index >= 15 is 0 Å². The van der Waals surface area contributed by atoms with Crippen LogP contribution in [-0.4, -0.2) is 22.2 Å². The zero-order valence-electron chi connectivity index (χ0n) is 10.3. The van der Waals surface area contributed by atoms with Gasteiger partial charge in [0.05, 0.1) is 6.20 Å². The minimum Gasteiger partial charge on any atom is -0.368 e. The van der Waals surface area contributed by atoms with Crippen LogP contribution in [0.1, 0.15) is 31.1 Å². The second kappa shape index (κ2) is 5.12. The summed E-state index contributed by atoms with van der Waals surface area (Å²) in [5, 5.41) is 7.28. The predicted molar refractivity (Wildman–Crippen MR) is 62.7 cm³/mol. The summed E-state index contributed by atoms with van der Waals surface area (Å²) in [6.07, 6.45) is 1.69. The number of rotatable bonds is 5. The highest BCUT2D eigenvalue weighted by Crippen LogP contribution is 2.16. The number of nitrogens with zero attached hydrogens (tertiary/aromatic N) is 2.